The van der Waals surface area contributed by atoms with E-state index in [2.05, 4.69) is 0 Å². The lowest BCUT2D eigenvalue weighted by Gasteiger charge is -2.27. The molecule has 0 amide bonds. The number of ether oxygens (including phenoxy) is 2. The number of halogens is 2. The predicted octanol–water partition coefficient (Wildman–Crippen LogP) is 2.66. The summed E-state index contributed by atoms with van der Waals surface area (Å²) >= 11 is 0. The fraction of sp³-hybridized carbons (Fsp3) is 0.500. The maximum Gasteiger partial charge on any atom is 0.341 e. The molecule has 0 spiro atoms. The first-order valence-electron chi connectivity index (χ1n) is 6.49. The van der Waals surface area contributed by atoms with Gasteiger partial charge in [-0.2, -0.15) is 0 Å². The van der Waals surface area contributed by atoms with Crippen LogP contribution in [0.4, 0.5) is 14.5 Å². The minimum Gasteiger partial charge on any atom is -0.459 e. The summed E-state index contributed by atoms with van der Waals surface area (Å²) in [6.07, 6.45) is 2.76. The van der Waals surface area contributed by atoms with E-state index in [9.17, 15) is 13.6 Å². The van der Waals surface area contributed by atoms with Crippen molar-refractivity contribution >= 4 is 11.7 Å². The first-order chi connectivity index (χ1) is 9.51. The average molecular weight is 285 g/mol. The van der Waals surface area contributed by atoms with Crippen molar-refractivity contribution in [3.05, 3.63) is 29.3 Å². The number of methoxy groups -OCH3 is 1. The van der Waals surface area contributed by atoms with Gasteiger partial charge in [-0.15, -0.1) is 0 Å². The summed E-state index contributed by atoms with van der Waals surface area (Å²) in [7, 11) is 1.60. The molecule has 2 rings (SSSR count). The number of hydrogen-bond donors (Lipinski definition) is 1. The van der Waals surface area contributed by atoms with Gasteiger partial charge in [-0.05, 0) is 25.3 Å². The van der Waals surface area contributed by atoms with Crippen LogP contribution in [0.15, 0.2) is 12.1 Å². The molecule has 0 aromatic heterocycles. The maximum atomic E-state index is 13.6. The molecule has 1 saturated carbocycles. The molecule has 0 bridgehead atoms. The molecule has 1 fully saturated rings. The molecule has 1 aliphatic rings. The zero-order valence-corrected chi connectivity index (χ0v) is 11.2. The van der Waals surface area contributed by atoms with E-state index in [1.807, 2.05) is 0 Å². The Morgan fingerprint density at radius 1 is 1.25 bits per heavy atom. The summed E-state index contributed by atoms with van der Waals surface area (Å²) in [5, 5.41) is 0. The number of nitrogen functional groups attached to an aromatic ring is 1. The van der Waals surface area contributed by atoms with Crippen LogP contribution in [0.3, 0.4) is 0 Å². The number of benzene rings is 1. The molecule has 20 heavy (non-hydrogen) atoms. The summed E-state index contributed by atoms with van der Waals surface area (Å²) < 4.78 is 37.3. The van der Waals surface area contributed by atoms with Crippen LogP contribution in [0, 0.1) is 11.6 Å². The number of anilines is 1. The van der Waals surface area contributed by atoms with Gasteiger partial charge < -0.3 is 15.2 Å². The molecule has 2 atom stereocenters. The molecule has 4 nitrogen and oxygen atoms in total. The van der Waals surface area contributed by atoms with Crippen molar-refractivity contribution in [3.63, 3.8) is 0 Å². The van der Waals surface area contributed by atoms with E-state index >= 15 is 0 Å². The second-order valence-electron chi connectivity index (χ2n) is 4.91. The average Bonchev–Trinajstić information content (AvgIpc) is 2.43. The van der Waals surface area contributed by atoms with Gasteiger partial charge in [0.05, 0.1) is 17.4 Å². The van der Waals surface area contributed by atoms with Crippen molar-refractivity contribution in [1.82, 2.24) is 0 Å². The van der Waals surface area contributed by atoms with Crippen molar-refractivity contribution in [2.24, 2.45) is 0 Å². The Bertz CT molecular complexity index is 507. The van der Waals surface area contributed by atoms with E-state index in [1.54, 1.807) is 7.11 Å². The van der Waals surface area contributed by atoms with Gasteiger partial charge in [0.1, 0.15) is 17.7 Å². The molecular formula is C14H17F2NO3. The lowest BCUT2D eigenvalue weighted by atomic mass is 9.95. The van der Waals surface area contributed by atoms with Gasteiger partial charge in [-0.25, -0.2) is 13.6 Å². The largest absolute Gasteiger partial charge is 0.459 e. The predicted molar refractivity (Wildman–Crippen MR) is 69.2 cm³/mol. The molecule has 0 aliphatic heterocycles. The van der Waals surface area contributed by atoms with E-state index in [0.717, 1.165) is 25.0 Å². The molecule has 2 unspecified atom stereocenters. The normalized spacial score (nSPS) is 22.6. The van der Waals surface area contributed by atoms with Crippen LogP contribution < -0.4 is 5.73 Å². The fourth-order valence-electron chi connectivity index (χ4n) is 2.36. The van der Waals surface area contributed by atoms with Crippen LogP contribution in [0.1, 0.15) is 36.0 Å². The van der Waals surface area contributed by atoms with Crippen molar-refractivity contribution in [2.75, 3.05) is 12.8 Å². The molecule has 0 radical (unpaired) electrons. The number of hydrogen-bond acceptors (Lipinski definition) is 4. The Balaban J connectivity index is 2.06. The fourth-order valence-corrected chi connectivity index (χ4v) is 2.36. The van der Waals surface area contributed by atoms with Crippen LogP contribution in [-0.2, 0) is 9.47 Å². The van der Waals surface area contributed by atoms with E-state index in [-0.39, 0.29) is 17.9 Å². The van der Waals surface area contributed by atoms with Gasteiger partial charge in [0.15, 0.2) is 0 Å². The Kier molecular flexibility index (Phi) is 4.54. The Morgan fingerprint density at radius 2 is 1.95 bits per heavy atom. The van der Waals surface area contributed by atoms with Gasteiger partial charge in [0.25, 0.3) is 0 Å². The number of nitrogens with two attached hydrogens (primary N) is 1. The monoisotopic (exact) mass is 285 g/mol. The molecule has 110 valence electrons. The standard InChI is InChI=1S/C14H17F2NO3/c1-19-8-3-2-4-9(5-8)20-14(18)10-6-12(16)13(17)7-11(10)15/h6-9H,2-5,17H2,1H3. The van der Waals surface area contributed by atoms with Crippen LogP contribution in [0.2, 0.25) is 0 Å². The Morgan fingerprint density at radius 3 is 2.65 bits per heavy atom. The molecule has 1 aromatic carbocycles. The minimum absolute atomic E-state index is 0.0366. The molecule has 1 aromatic rings. The van der Waals surface area contributed by atoms with Crippen LogP contribution >= 0.6 is 0 Å². The van der Waals surface area contributed by atoms with E-state index in [4.69, 9.17) is 15.2 Å². The molecule has 0 heterocycles. The quantitative estimate of drug-likeness (QED) is 0.685. The van der Waals surface area contributed by atoms with Crippen molar-refractivity contribution in [2.45, 2.75) is 37.9 Å². The molecule has 6 heteroatoms. The third kappa shape index (κ3) is 3.25. The van der Waals surface area contributed by atoms with Crippen molar-refractivity contribution in [3.8, 4) is 0 Å². The third-order valence-corrected chi connectivity index (χ3v) is 3.49. The van der Waals surface area contributed by atoms with Gasteiger partial charge in [0.2, 0.25) is 0 Å². The summed E-state index contributed by atoms with van der Waals surface area (Å²) in [5.41, 5.74) is 4.46. The van der Waals surface area contributed by atoms with Crippen LogP contribution in [0.25, 0.3) is 0 Å². The van der Waals surface area contributed by atoms with Gasteiger partial charge in [-0.1, -0.05) is 0 Å². The van der Waals surface area contributed by atoms with Crippen molar-refractivity contribution < 1.29 is 23.0 Å². The third-order valence-electron chi connectivity index (χ3n) is 3.49. The highest BCUT2D eigenvalue weighted by atomic mass is 19.1. The Labute approximate surface area is 115 Å². The van der Waals surface area contributed by atoms with E-state index in [0.29, 0.717) is 12.8 Å². The van der Waals surface area contributed by atoms with E-state index < -0.39 is 23.2 Å². The van der Waals surface area contributed by atoms with Crippen LogP contribution in [0.5, 0.6) is 0 Å². The van der Waals surface area contributed by atoms with Crippen molar-refractivity contribution in [1.29, 1.82) is 0 Å². The number of rotatable bonds is 3. The minimum atomic E-state index is -0.881. The number of carbonyl (C=O) groups excluding carboxylic acids is 1. The second kappa shape index (κ2) is 6.17. The highest BCUT2D eigenvalue weighted by molar-refractivity contribution is 5.90. The molecule has 1 aliphatic carbocycles. The number of carbonyl (C=O) groups is 1. The lowest BCUT2D eigenvalue weighted by molar-refractivity contribution is -0.0152. The number of esters is 1. The second-order valence-corrected chi connectivity index (χ2v) is 4.91. The zero-order chi connectivity index (χ0) is 14.7. The highest BCUT2D eigenvalue weighted by Crippen LogP contribution is 2.25. The topological polar surface area (TPSA) is 61.5 Å². The highest BCUT2D eigenvalue weighted by Gasteiger charge is 2.26. The molecule has 0 saturated heterocycles. The smallest absolute Gasteiger partial charge is 0.341 e. The van der Waals surface area contributed by atoms with E-state index in [1.165, 1.54) is 0 Å². The summed E-state index contributed by atoms with van der Waals surface area (Å²) in [5.74, 6) is -2.59. The van der Waals surface area contributed by atoms with Gasteiger partial charge in [-0.3, -0.25) is 0 Å². The summed E-state index contributed by atoms with van der Waals surface area (Å²) in [6.45, 7) is 0. The first-order valence-corrected chi connectivity index (χ1v) is 6.49. The van der Waals surface area contributed by atoms with Gasteiger partial charge in [0, 0.05) is 19.6 Å². The van der Waals surface area contributed by atoms with Crippen LogP contribution in [-0.4, -0.2) is 25.3 Å². The molecular weight excluding hydrogens is 268 g/mol. The maximum absolute atomic E-state index is 13.6. The van der Waals surface area contributed by atoms with Gasteiger partial charge >= 0.3 is 5.97 Å². The molecule has 2 N–H and O–H groups in total. The summed E-state index contributed by atoms with van der Waals surface area (Å²) in [6, 6.07) is 1.55. The Hall–Kier alpha value is -1.69. The summed E-state index contributed by atoms with van der Waals surface area (Å²) in [4.78, 5) is 11.9. The first kappa shape index (κ1) is 14.7. The lowest BCUT2D eigenvalue weighted by Crippen LogP contribution is -2.29. The SMILES string of the molecule is COC1CCCC(OC(=O)c2cc(F)c(N)cc2F)C1. The zero-order valence-electron chi connectivity index (χ0n) is 11.2.